The number of amidine groups is 1. The lowest BCUT2D eigenvalue weighted by Gasteiger charge is -2.27. The lowest BCUT2D eigenvalue weighted by molar-refractivity contribution is 0.306. The number of hydrogen-bond acceptors (Lipinski definition) is 3. The molecular formula is C11H12Cl2N4. The Morgan fingerprint density at radius 2 is 2.12 bits per heavy atom. The first-order chi connectivity index (χ1) is 8.16. The molecule has 1 N–H and O–H groups in total. The highest BCUT2D eigenvalue weighted by molar-refractivity contribution is 6.83. The summed E-state index contributed by atoms with van der Waals surface area (Å²) in [7, 11) is 1.74. The molecule has 0 aliphatic carbocycles. The second-order valence-electron chi connectivity index (χ2n) is 3.60. The Morgan fingerprint density at radius 3 is 2.82 bits per heavy atom. The van der Waals surface area contributed by atoms with Crippen LogP contribution < -0.4 is 5.32 Å². The van der Waals surface area contributed by atoms with Crippen LogP contribution >= 0.6 is 23.2 Å². The highest BCUT2D eigenvalue weighted by Crippen LogP contribution is 2.09. The molecule has 0 spiro atoms. The Balaban J connectivity index is 2.10. The van der Waals surface area contributed by atoms with Gasteiger partial charge in [0, 0.05) is 7.05 Å². The monoisotopic (exact) mass is 270 g/mol. The summed E-state index contributed by atoms with van der Waals surface area (Å²) >= 11 is 11.9. The Bertz CT molecular complexity index is 444. The van der Waals surface area contributed by atoms with Crippen LogP contribution in [0.5, 0.6) is 0 Å². The largest absolute Gasteiger partial charge is 0.334 e. The van der Waals surface area contributed by atoms with Crippen LogP contribution in [0.2, 0.25) is 0 Å². The van der Waals surface area contributed by atoms with Crippen LogP contribution in [0, 0.1) is 0 Å². The van der Waals surface area contributed by atoms with Crippen molar-refractivity contribution in [3.63, 3.8) is 0 Å². The predicted octanol–water partition coefficient (Wildman–Crippen LogP) is 2.19. The maximum absolute atomic E-state index is 5.98. The normalized spacial score (nSPS) is 22.3. The fraction of sp³-hybridized carbons (Fsp3) is 0.273. The van der Waals surface area contributed by atoms with Crippen molar-refractivity contribution in [3.8, 4) is 0 Å². The number of rotatable bonds is 2. The second kappa shape index (κ2) is 5.38. The van der Waals surface area contributed by atoms with Crippen molar-refractivity contribution in [2.24, 2.45) is 10.1 Å². The van der Waals surface area contributed by atoms with Gasteiger partial charge in [0.25, 0.3) is 0 Å². The maximum atomic E-state index is 5.98. The van der Waals surface area contributed by atoms with E-state index < -0.39 is 5.62 Å². The fourth-order valence-corrected chi connectivity index (χ4v) is 1.75. The summed E-state index contributed by atoms with van der Waals surface area (Å²) in [6.45, 7) is 0.544. The van der Waals surface area contributed by atoms with Gasteiger partial charge < -0.3 is 5.32 Å². The summed E-state index contributed by atoms with van der Waals surface area (Å²) < 4.78 is 0. The van der Waals surface area contributed by atoms with E-state index in [1.165, 1.54) is 5.01 Å². The Kier molecular flexibility index (Phi) is 3.86. The number of alkyl halides is 1. The van der Waals surface area contributed by atoms with Crippen molar-refractivity contribution in [1.29, 1.82) is 0 Å². The number of nitrogens with zero attached hydrogens (tertiary/aromatic N) is 3. The average Bonchev–Trinajstić information content (AvgIpc) is 2.33. The standard InChI is InChI=1S/C11H12Cl2N4/c1-17-11(13)15-10(9(12)16-17)14-7-8-5-3-2-4-6-8/h2-6,11H,7H2,1H3,(H,14,15). The molecule has 1 aliphatic rings. The molecule has 6 heteroatoms. The molecule has 4 nitrogen and oxygen atoms in total. The maximum Gasteiger partial charge on any atom is 0.193 e. The molecule has 1 aromatic carbocycles. The van der Waals surface area contributed by atoms with E-state index in [1.54, 1.807) is 7.05 Å². The van der Waals surface area contributed by atoms with Gasteiger partial charge in [-0.05, 0) is 5.56 Å². The van der Waals surface area contributed by atoms with Gasteiger partial charge in [-0.15, -0.1) is 0 Å². The molecule has 1 atom stereocenters. The van der Waals surface area contributed by atoms with Gasteiger partial charge in [0.1, 0.15) is 0 Å². The summed E-state index contributed by atoms with van der Waals surface area (Å²) in [5.74, 6) is 0.522. The molecule has 0 saturated heterocycles. The average molecular weight is 271 g/mol. The molecule has 1 aromatic rings. The third-order valence-electron chi connectivity index (χ3n) is 2.29. The topological polar surface area (TPSA) is 40.0 Å². The minimum absolute atomic E-state index is 0.320. The molecule has 1 aliphatic heterocycles. The zero-order valence-electron chi connectivity index (χ0n) is 9.27. The van der Waals surface area contributed by atoms with Gasteiger partial charge in [0.2, 0.25) is 0 Å². The lowest BCUT2D eigenvalue weighted by Crippen LogP contribution is -2.47. The first kappa shape index (κ1) is 12.2. The summed E-state index contributed by atoms with van der Waals surface area (Å²) in [5, 5.41) is 8.87. The number of nitrogens with one attached hydrogen (secondary N) is 1. The van der Waals surface area contributed by atoms with Crippen molar-refractivity contribution in [3.05, 3.63) is 35.9 Å². The summed E-state index contributed by atoms with van der Waals surface area (Å²) in [6.07, 6.45) is 0. The minimum atomic E-state index is -0.424. The van der Waals surface area contributed by atoms with E-state index in [2.05, 4.69) is 15.4 Å². The van der Waals surface area contributed by atoms with E-state index in [0.717, 1.165) is 5.56 Å². The van der Waals surface area contributed by atoms with E-state index in [0.29, 0.717) is 17.6 Å². The smallest absolute Gasteiger partial charge is 0.193 e. The molecule has 1 heterocycles. The third-order valence-corrected chi connectivity index (χ3v) is 2.93. The number of hydrazone groups is 1. The molecule has 1 unspecified atom stereocenters. The molecule has 90 valence electrons. The van der Waals surface area contributed by atoms with Crippen LogP contribution in [0.25, 0.3) is 0 Å². The zero-order chi connectivity index (χ0) is 12.3. The van der Waals surface area contributed by atoms with Gasteiger partial charge in [-0.25, -0.2) is 0 Å². The van der Waals surface area contributed by atoms with E-state index in [-0.39, 0.29) is 0 Å². The number of hydrogen-bond donors (Lipinski definition) is 1. The van der Waals surface area contributed by atoms with Crippen LogP contribution in [0.3, 0.4) is 0 Å². The first-order valence-corrected chi connectivity index (χ1v) is 5.94. The molecule has 0 bridgehead atoms. The number of halogens is 2. The molecule has 0 fully saturated rings. The van der Waals surface area contributed by atoms with Crippen molar-refractivity contribution in [2.45, 2.75) is 12.2 Å². The van der Waals surface area contributed by atoms with Crippen LogP contribution in [0.1, 0.15) is 5.56 Å². The van der Waals surface area contributed by atoms with E-state index in [4.69, 9.17) is 23.2 Å². The first-order valence-electron chi connectivity index (χ1n) is 5.13. The van der Waals surface area contributed by atoms with Gasteiger partial charge in [-0.1, -0.05) is 53.5 Å². The van der Waals surface area contributed by atoms with Gasteiger partial charge in [-0.3, -0.25) is 10.0 Å². The van der Waals surface area contributed by atoms with E-state index in [1.807, 2.05) is 30.3 Å². The summed E-state index contributed by atoms with van der Waals surface area (Å²) in [4.78, 5) is 4.35. The third kappa shape index (κ3) is 3.11. The number of aliphatic imine (C=N–C) groups is 1. The Morgan fingerprint density at radius 1 is 1.41 bits per heavy atom. The molecule has 0 aromatic heterocycles. The van der Waals surface area contributed by atoms with Gasteiger partial charge >= 0.3 is 0 Å². The quantitative estimate of drug-likeness (QED) is 0.661. The van der Waals surface area contributed by atoms with Crippen molar-refractivity contribution in [1.82, 2.24) is 10.3 Å². The second-order valence-corrected chi connectivity index (χ2v) is 4.37. The van der Waals surface area contributed by atoms with Crippen LogP contribution in [-0.4, -0.2) is 28.7 Å². The minimum Gasteiger partial charge on any atom is -0.334 e. The van der Waals surface area contributed by atoms with Gasteiger partial charge in [0.05, 0.1) is 6.54 Å². The Labute approximate surface area is 110 Å². The van der Waals surface area contributed by atoms with Crippen LogP contribution in [0.4, 0.5) is 0 Å². The fourth-order valence-electron chi connectivity index (χ4n) is 1.37. The molecule has 0 saturated carbocycles. The lowest BCUT2D eigenvalue weighted by atomic mass is 10.2. The highest BCUT2D eigenvalue weighted by atomic mass is 35.5. The van der Waals surface area contributed by atoms with Crippen LogP contribution in [-0.2, 0) is 6.54 Å². The van der Waals surface area contributed by atoms with Gasteiger partial charge in [0.15, 0.2) is 16.6 Å². The predicted molar refractivity (Wildman–Crippen MR) is 71.4 cm³/mol. The molecule has 17 heavy (non-hydrogen) atoms. The van der Waals surface area contributed by atoms with Crippen molar-refractivity contribution >= 4 is 34.2 Å². The van der Waals surface area contributed by atoms with E-state index in [9.17, 15) is 0 Å². The van der Waals surface area contributed by atoms with Gasteiger partial charge in [-0.2, -0.15) is 5.10 Å². The van der Waals surface area contributed by atoms with Crippen molar-refractivity contribution < 1.29 is 0 Å². The Hall–Kier alpha value is -1.26. The van der Waals surface area contributed by atoms with E-state index >= 15 is 0 Å². The summed E-state index contributed by atoms with van der Waals surface area (Å²) in [6, 6.07) is 9.91. The summed E-state index contributed by atoms with van der Waals surface area (Å²) in [5.41, 5.74) is 0.684. The molecule has 2 rings (SSSR count). The van der Waals surface area contributed by atoms with Crippen molar-refractivity contribution in [2.75, 3.05) is 7.05 Å². The molecular weight excluding hydrogens is 259 g/mol. The SMILES string of the molecule is CN1N=C(Cl)C(=NCc2ccccc2)NC1Cl. The zero-order valence-corrected chi connectivity index (χ0v) is 10.8. The van der Waals surface area contributed by atoms with Crippen LogP contribution in [0.15, 0.2) is 40.4 Å². The molecule has 0 amide bonds. The highest BCUT2D eigenvalue weighted by Gasteiger charge is 2.20. The number of benzene rings is 1. The molecule has 0 radical (unpaired) electrons.